The van der Waals surface area contributed by atoms with Crippen LogP contribution in [-0.2, 0) is 15.0 Å². The van der Waals surface area contributed by atoms with Gasteiger partial charge in [-0.15, -0.1) is 6.42 Å². The Morgan fingerprint density at radius 1 is 1.27 bits per heavy atom. The summed E-state index contributed by atoms with van der Waals surface area (Å²) in [5, 5.41) is 5.96. The zero-order valence-electron chi connectivity index (χ0n) is 20.4. The summed E-state index contributed by atoms with van der Waals surface area (Å²) in [6.07, 6.45) is 5.66. The van der Waals surface area contributed by atoms with E-state index in [-0.39, 0.29) is 36.5 Å². The Kier molecular flexibility index (Phi) is 5.78. The number of amides is 3. The van der Waals surface area contributed by atoms with Gasteiger partial charge in [0.25, 0.3) is 5.91 Å². The van der Waals surface area contributed by atoms with Crippen LogP contribution in [-0.4, -0.2) is 51.9 Å². The van der Waals surface area contributed by atoms with Crippen LogP contribution in [0.25, 0.3) is 10.9 Å². The van der Waals surface area contributed by atoms with Crippen molar-refractivity contribution in [3.8, 4) is 12.3 Å². The van der Waals surface area contributed by atoms with E-state index in [4.69, 9.17) is 6.42 Å². The maximum absolute atomic E-state index is 14.8. The van der Waals surface area contributed by atoms with Crippen LogP contribution < -0.4 is 10.6 Å². The number of nitrogens with zero attached hydrogens (tertiary/aromatic N) is 1. The fourth-order valence-electron chi connectivity index (χ4n) is 5.38. The van der Waals surface area contributed by atoms with Gasteiger partial charge >= 0.3 is 0 Å². The molecule has 9 heteroatoms. The van der Waals surface area contributed by atoms with E-state index < -0.39 is 40.8 Å². The molecular weight excluding hydrogens is 478 g/mol. The fourth-order valence-corrected chi connectivity index (χ4v) is 5.38. The van der Waals surface area contributed by atoms with Crippen molar-refractivity contribution >= 4 is 34.3 Å². The number of halogens is 2. The Balaban J connectivity index is 1.44. The topological polar surface area (TPSA) is 94.3 Å². The Bertz CT molecular complexity index is 1470. The van der Waals surface area contributed by atoms with E-state index in [0.717, 1.165) is 5.56 Å². The lowest BCUT2D eigenvalue weighted by Crippen LogP contribution is -2.52. The van der Waals surface area contributed by atoms with Crippen molar-refractivity contribution in [3.05, 3.63) is 65.6 Å². The molecule has 37 heavy (non-hydrogen) atoms. The second-order valence-corrected chi connectivity index (χ2v) is 10.3. The van der Waals surface area contributed by atoms with Crippen molar-refractivity contribution in [2.24, 2.45) is 0 Å². The molecule has 3 aromatic rings. The molecule has 3 atom stereocenters. The van der Waals surface area contributed by atoms with Gasteiger partial charge in [0.2, 0.25) is 11.8 Å². The average molecular weight is 505 g/mol. The number of fused-ring (bicyclic) bond motifs is 3. The van der Waals surface area contributed by atoms with Crippen LogP contribution in [0, 0.1) is 18.2 Å². The van der Waals surface area contributed by atoms with Gasteiger partial charge in [-0.3, -0.25) is 14.4 Å². The Labute approximate surface area is 212 Å². The third kappa shape index (κ3) is 4.22. The maximum atomic E-state index is 14.8. The number of rotatable bonds is 5. The maximum Gasteiger partial charge on any atom is 0.268 e. The first kappa shape index (κ1) is 24.5. The normalized spacial score (nSPS) is 21.5. The molecule has 1 fully saturated rings. The monoisotopic (exact) mass is 504 g/mol. The van der Waals surface area contributed by atoms with Crippen molar-refractivity contribution in [3.63, 3.8) is 0 Å². The van der Waals surface area contributed by atoms with Crippen LogP contribution in [0.1, 0.15) is 42.7 Å². The second-order valence-electron chi connectivity index (χ2n) is 10.3. The van der Waals surface area contributed by atoms with Crippen molar-refractivity contribution < 1.29 is 23.2 Å². The van der Waals surface area contributed by atoms with Gasteiger partial charge in [0.05, 0.1) is 17.0 Å². The molecule has 5 rings (SSSR count). The Morgan fingerprint density at radius 2 is 2.03 bits per heavy atom. The third-order valence-electron chi connectivity index (χ3n) is 7.10. The third-order valence-corrected chi connectivity index (χ3v) is 7.10. The summed E-state index contributed by atoms with van der Waals surface area (Å²) in [5.74, 6) is 0.545. The second kappa shape index (κ2) is 8.73. The van der Waals surface area contributed by atoms with Crippen LogP contribution in [0.5, 0.6) is 0 Å². The van der Waals surface area contributed by atoms with Gasteiger partial charge in [0.1, 0.15) is 23.2 Å². The molecule has 2 aliphatic rings. The van der Waals surface area contributed by atoms with Crippen molar-refractivity contribution in [2.45, 2.75) is 49.9 Å². The summed E-state index contributed by atoms with van der Waals surface area (Å²) in [4.78, 5) is 44.1. The number of hydrogen-bond acceptors (Lipinski definition) is 3. The number of aromatic nitrogens is 1. The molecule has 2 aromatic carbocycles. The minimum absolute atomic E-state index is 0.000229. The first-order valence-corrected chi connectivity index (χ1v) is 12.0. The lowest BCUT2D eigenvalue weighted by atomic mass is 9.79. The smallest absolute Gasteiger partial charge is 0.268 e. The van der Waals surface area contributed by atoms with E-state index >= 15 is 0 Å². The van der Waals surface area contributed by atoms with Crippen molar-refractivity contribution in [1.29, 1.82) is 0 Å². The van der Waals surface area contributed by atoms with Gasteiger partial charge in [-0.25, -0.2) is 8.78 Å². The number of likely N-dealkylation sites (tertiary alicyclic amines) is 1. The van der Waals surface area contributed by atoms with Gasteiger partial charge in [-0.1, -0.05) is 36.3 Å². The first-order valence-electron chi connectivity index (χ1n) is 12.0. The molecular formula is C28H26F2N4O3. The average Bonchev–Trinajstić information content (AvgIpc) is 3.53. The molecule has 3 heterocycles. The number of carbonyl (C=O) groups is 3. The molecule has 190 valence electrons. The minimum atomic E-state index is -1.81. The van der Waals surface area contributed by atoms with E-state index in [9.17, 15) is 23.2 Å². The lowest BCUT2D eigenvalue weighted by molar-refractivity contribution is -0.134. The molecule has 1 aromatic heterocycles. The Hall–Kier alpha value is -4.19. The number of para-hydroxylation sites is 2. The van der Waals surface area contributed by atoms with Crippen LogP contribution in [0.15, 0.2) is 48.5 Å². The molecule has 0 saturated carbocycles. The number of H-pyrrole nitrogens is 1. The number of carbonyl (C=O) groups excluding carboxylic acids is 3. The number of terminal acetylenes is 1. The van der Waals surface area contributed by atoms with Crippen molar-refractivity contribution in [1.82, 2.24) is 15.2 Å². The summed E-state index contributed by atoms with van der Waals surface area (Å²) in [6, 6.07) is 11.1. The van der Waals surface area contributed by atoms with Crippen LogP contribution >= 0.6 is 0 Å². The number of nitrogens with one attached hydrogen (secondary N) is 3. The molecule has 0 radical (unpaired) electrons. The zero-order chi connectivity index (χ0) is 26.5. The highest BCUT2D eigenvalue weighted by molar-refractivity contribution is 6.07. The number of alkyl halides is 1. The number of benzene rings is 2. The Morgan fingerprint density at radius 3 is 2.73 bits per heavy atom. The van der Waals surface area contributed by atoms with Crippen LogP contribution in [0.2, 0.25) is 0 Å². The quantitative estimate of drug-likeness (QED) is 0.463. The van der Waals surface area contributed by atoms with E-state index in [2.05, 4.69) is 21.5 Å². The molecule has 3 N–H and O–H groups in total. The van der Waals surface area contributed by atoms with Crippen LogP contribution in [0.3, 0.4) is 0 Å². The standard InChI is InChI=1S/C28H26F2N4O3/c1-4-17-13-28(18-9-5-6-11-20(18)33-26(28)37)15-34(17)25(36)22(14-27(2,3)30)32-24(35)21-12-16-8-7-10-19(29)23(16)31-21/h1,5-12,17,22,31H,13-15H2,2-3H3,(H,32,35)(H,33,37)/t17-,22+,28+/m1/s1. The zero-order valence-corrected chi connectivity index (χ0v) is 20.4. The molecule has 0 bridgehead atoms. The number of aromatic amines is 1. The predicted molar refractivity (Wildman–Crippen MR) is 135 cm³/mol. The highest BCUT2D eigenvalue weighted by Crippen LogP contribution is 2.46. The molecule has 3 amide bonds. The lowest BCUT2D eigenvalue weighted by Gasteiger charge is -2.30. The predicted octanol–water partition coefficient (Wildman–Crippen LogP) is 3.67. The number of anilines is 1. The summed E-state index contributed by atoms with van der Waals surface area (Å²) in [5.41, 5.74) is -1.23. The molecule has 0 aliphatic carbocycles. The summed E-state index contributed by atoms with van der Waals surface area (Å²) >= 11 is 0. The molecule has 7 nitrogen and oxygen atoms in total. The van der Waals surface area contributed by atoms with Gasteiger partial charge in [-0.05, 0) is 44.0 Å². The minimum Gasteiger partial charge on any atom is -0.348 e. The van der Waals surface area contributed by atoms with E-state index in [1.165, 1.54) is 36.9 Å². The summed E-state index contributed by atoms with van der Waals surface area (Å²) in [7, 11) is 0. The van der Waals surface area contributed by atoms with E-state index in [1.807, 2.05) is 12.1 Å². The fraction of sp³-hybridized carbons (Fsp3) is 0.321. The van der Waals surface area contributed by atoms with E-state index in [0.29, 0.717) is 11.1 Å². The molecule has 1 spiro atoms. The summed E-state index contributed by atoms with van der Waals surface area (Å²) < 4.78 is 28.9. The SMILES string of the molecule is C#C[C@@H]1C[C@@]2(CN1C(=O)[C@H](CC(C)(C)F)NC(=O)c1cc3cccc(F)c3[nH]1)C(=O)Nc1ccccc12. The number of hydrogen-bond donors (Lipinski definition) is 3. The van der Waals surface area contributed by atoms with Gasteiger partial charge in [-0.2, -0.15) is 0 Å². The van der Waals surface area contributed by atoms with Crippen molar-refractivity contribution in [2.75, 3.05) is 11.9 Å². The highest BCUT2D eigenvalue weighted by Gasteiger charge is 2.56. The molecule has 2 aliphatic heterocycles. The van der Waals surface area contributed by atoms with Crippen LogP contribution in [0.4, 0.5) is 14.5 Å². The first-order chi connectivity index (χ1) is 17.5. The summed E-state index contributed by atoms with van der Waals surface area (Å²) in [6.45, 7) is 2.62. The van der Waals surface area contributed by atoms with Gasteiger partial charge < -0.3 is 20.5 Å². The van der Waals surface area contributed by atoms with Gasteiger partial charge in [0, 0.05) is 24.0 Å². The molecule has 1 saturated heterocycles. The van der Waals surface area contributed by atoms with E-state index in [1.54, 1.807) is 18.2 Å². The highest BCUT2D eigenvalue weighted by atomic mass is 19.1. The van der Waals surface area contributed by atoms with Gasteiger partial charge in [0.15, 0.2) is 0 Å². The molecule has 0 unspecified atom stereocenters. The largest absolute Gasteiger partial charge is 0.348 e.